The fourth-order valence-electron chi connectivity index (χ4n) is 3.37. The van der Waals surface area contributed by atoms with E-state index < -0.39 is 6.10 Å². The lowest BCUT2D eigenvalue weighted by Crippen LogP contribution is -2.56. The Morgan fingerprint density at radius 3 is 2.72 bits per heavy atom. The van der Waals surface area contributed by atoms with Gasteiger partial charge in [-0.3, -0.25) is 14.5 Å². The largest absolute Gasteiger partial charge is 0.391 e. The number of nitrogens with one attached hydrogen (secondary N) is 1. The highest BCUT2D eigenvalue weighted by molar-refractivity contribution is 5.95. The maximum atomic E-state index is 12.5. The van der Waals surface area contributed by atoms with Crippen molar-refractivity contribution in [2.24, 2.45) is 5.10 Å². The third-order valence-corrected chi connectivity index (χ3v) is 4.85. The van der Waals surface area contributed by atoms with Gasteiger partial charge in [-0.05, 0) is 43.7 Å². The Labute approximate surface area is 145 Å². The first kappa shape index (κ1) is 15.8. The highest BCUT2D eigenvalue weighted by Gasteiger charge is 2.42. The van der Waals surface area contributed by atoms with E-state index in [0.29, 0.717) is 12.0 Å². The van der Waals surface area contributed by atoms with Crippen molar-refractivity contribution in [3.8, 4) is 0 Å². The molecule has 0 radical (unpaired) electrons. The molecule has 1 amide bonds. The van der Waals surface area contributed by atoms with Crippen LogP contribution in [0.5, 0.6) is 0 Å². The molecule has 1 aliphatic carbocycles. The molecule has 4 rings (SSSR count). The monoisotopic (exact) mass is 339 g/mol. The van der Waals surface area contributed by atoms with Gasteiger partial charge in [-0.15, -0.1) is 0 Å². The van der Waals surface area contributed by atoms with Crippen molar-refractivity contribution in [3.05, 3.63) is 48.3 Å². The Kier molecular flexibility index (Phi) is 4.01. The SMILES string of the molecule is CC1=NN(c2ccc(C(=O)N[C@H]3C[C@@H](O)[C@@H]3n3cccn3)cc2)CC1. The second-order valence-electron chi connectivity index (χ2n) is 6.61. The zero-order chi connectivity index (χ0) is 17.4. The smallest absolute Gasteiger partial charge is 0.251 e. The topological polar surface area (TPSA) is 82.8 Å². The molecular weight excluding hydrogens is 318 g/mol. The number of nitrogens with zero attached hydrogens (tertiary/aromatic N) is 4. The minimum absolute atomic E-state index is 0.118. The molecule has 1 aromatic carbocycles. The Morgan fingerprint density at radius 2 is 2.12 bits per heavy atom. The van der Waals surface area contributed by atoms with Crippen molar-refractivity contribution >= 4 is 17.3 Å². The second-order valence-corrected chi connectivity index (χ2v) is 6.61. The first-order valence-electron chi connectivity index (χ1n) is 8.51. The Morgan fingerprint density at radius 1 is 1.32 bits per heavy atom. The molecule has 7 heteroatoms. The van der Waals surface area contributed by atoms with Gasteiger partial charge in [0.05, 0.1) is 23.9 Å². The summed E-state index contributed by atoms with van der Waals surface area (Å²) in [4.78, 5) is 12.5. The third kappa shape index (κ3) is 3.02. The number of rotatable bonds is 4. The van der Waals surface area contributed by atoms with Crippen LogP contribution in [0.25, 0.3) is 0 Å². The number of aliphatic hydroxyl groups is 1. The van der Waals surface area contributed by atoms with Crippen molar-refractivity contribution in [3.63, 3.8) is 0 Å². The molecule has 2 heterocycles. The lowest BCUT2D eigenvalue weighted by Gasteiger charge is -2.41. The number of amides is 1. The maximum Gasteiger partial charge on any atom is 0.251 e. The Hall–Kier alpha value is -2.67. The highest BCUT2D eigenvalue weighted by Crippen LogP contribution is 2.32. The molecule has 2 aromatic rings. The van der Waals surface area contributed by atoms with Gasteiger partial charge in [-0.25, -0.2) is 0 Å². The van der Waals surface area contributed by atoms with E-state index in [1.54, 1.807) is 17.1 Å². The summed E-state index contributed by atoms with van der Waals surface area (Å²) >= 11 is 0. The van der Waals surface area contributed by atoms with Gasteiger partial charge in [-0.1, -0.05) is 0 Å². The number of benzene rings is 1. The fourth-order valence-corrected chi connectivity index (χ4v) is 3.37. The van der Waals surface area contributed by atoms with E-state index in [1.165, 1.54) is 0 Å². The fraction of sp³-hybridized carbons (Fsp3) is 0.389. The molecule has 0 bridgehead atoms. The van der Waals surface area contributed by atoms with Crippen molar-refractivity contribution < 1.29 is 9.90 Å². The molecule has 1 saturated carbocycles. The zero-order valence-corrected chi connectivity index (χ0v) is 14.0. The van der Waals surface area contributed by atoms with Crippen LogP contribution < -0.4 is 10.3 Å². The zero-order valence-electron chi connectivity index (χ0n) is 14.0. The quantitative estimate of drug-likeness (QED) is 0.886. The third-order valence-electron chi connectivity index (χ3n) is 4.85. The average molecular weight is 339 g/mol. The molecule has 0 spiro atoms. The Balaban J connectivity index is 1.41. The molecule has 1 aliphatic heterocycles. The summed E-state index contributed by atoms with van der Waals surface area (Å²) in [7, 11) is 0. The number of aliphatic hydroxyl groups excluding tert-OH is 1. The summed E-state index contributed by atoms with van der Waals surface area (Å²) in [6, 6.07) is 8.94. The maximum absolute atomic E-state index is 12.5. The van der Waals surface area contributed by atoms with Gasteiger partial charge >= 0.3 is 0 Å². The highest BCUT2D eigenvalue weighted by atomic mass is 16.3. The molecular formula is C18H21N5O2. The number of carbonyl (C=O) groups excluding carboxylic acids is 1. The van der Waals surface area contributed by atoms with Gasteiger partial charge in [-0.2, -0.15) is 10.2 Å². The molecule has 0 unspecified atom stereocenters. The van der Waals surface area contributed by atoms with E-state index in [0.717, 1.165) is 24.4 Å². The van der Waals surface area contributed by atoms with Crippen molar-refractivity contribution in [2.75, 3.05) is 11.6 Å². The van der Waals surface area contributed by atoms with Crippen LogP contribution in [0.2, 0.25) is 0 Å². The summed E-state index contributed by atoms with van der Waals surface area (Å²) in [5.41, 5.74) is 2.71. The number of carbonyl (C=O) groups is 1. The summed E-state index contributed by atoms with van der Waals surface area (Å²) in [5, 5.41) is 23.6. The van der Waals surface area contributed by atoms with E-state index in [2.05, 4.69) is 15.5 Å². The Bertz CT molecular complexity index is 784. The summed E-state index contributed by atoms with van der Waals surface area (Å²) in [6.07, 6.45) is 4.51. The molecule has 130 valence electrons. The minimum Gasteiger partial charge on any atom is -0.391 e. The average Bonchev–Trinajstić information content (AvgIpc) is 3.26. The summed E-state index contributed by atoms with van der Waals surface area (Å²) in [5.74, 6) is -0.137. The first-order chi connectivity index (χ1) is 12.1. The molecule has 2 N–H and O–H groups in total. The molecule has 25 heavy (non-hydrogen) atoms. The van der Waals surface area contributed by atoms with Crippen LogP contribution in [0, 0.1) is 0 Å². The first-order valence-corrected chi connectivity index (χ1v) is 8.51. The van der Waals surface area contributed by atoms with Gasteiger partial charge in [0.25, 0.3) is 5.91 Å². The van der Waals surface area contributed by atoms with Crippen LogP contribution in [-0.2, 0) is 0 Å². The van der Waals surface area contributed by atoms with Crippen LogP contribution in [0.15, 0.2) is 47.8 Å². The number of anilines is 1. The standard InChI is InChI=1S/C18H21N5O2/c1-12-7-10-22(21-12)14-5-3-13(4-6-14)18(25)20-15-11-16(24)17(15)23-9-2-8-19-23/h2-6,8-9,15-17,24H,7,10-11H2,1H3,(H,20,25)/t15-,16+,17+/m0/s1. The summed E-state index contributed by atoms with van der Waals surface area (Å²) in [6.45, 7) is 2.90. The van der Waals surface area contributed by atoms with Crippen LogP contribution in [0.4, 0.5) is 5.69 Å². The lowest BCUT2D eigenvalue weighted by atomic mass is 9.83. The molecule has 7 nitrogen and oxygen atoms in total. The van der Waals surface area contributed by atoms with Crippen molar-refractivity contribution in [1.82, 2.24) is 15.1 Å². The predicted octanol–water partition coefficient (Wildman–Crippen LogP) is 1.57. The number of hydrogen-bond donors (Lipinski definition) is 2. The molecule has 0 saturated heterocycles. The van der Waals surface area contributed by atoms with E-state index in [1.807, 2.05) is 42.3 Å². The molecule has 3 atom stereocenters. The van der Waals surface area contributed by atoms with Gasteiger partial charge in [0.15, 0.2) is 0 Å². The van der Waals surface area contributed by atoms with Crippen molar-refractivity contribution in [2.45, 2.75) is 38.0 Å². The number of hydrogen-bond acceptors (Lipinski definition) is 5. The van der Waals surface area contributed by atoms with Crippen molar-refractivity contribution in [1.29, 1.82) is 0 Å². The molecule has 2 aliphatic rings. The van der Waals surface area contributed by atoms with Gasteiger partial charge in [0.2, 0.25) is 0 Å². The second kappa shape index (κ2) is 6.33. The molecule has 1 fully saturated rings. The van der Waals surface area contributed by atoms with Crippen LogP contribution in [0.1, 0.15) is 36.2 Å². The normalized spacial score (nSPS) is 25.4. The predicted molar refractivity (Wildman–Crippen MR) is 94.7 cm³/mol. The number of hydrazone groups is 1. The van der Waals surface area contributed by atoms with Crippen LogP contribution >= 0.6 is 0 Å². The number of aromatic nitrogens is 2. The van der Waals surface area contributed by atoms with Gasteiger partial charge in [0, 0.05) is 36.6 Å². The van der Waals surface area contributed by atoms with Gasteiger partial charge < -0.3 is 10.4 Å². The van der Waals surface area contributed by atoms with Crippen LogP contribution in [-0.4, -0.2) is 45.2 Å². The van der Waals surface area contributed by atoms with E-state index >= 15 is 0 Å². The lowest BCUT2D eigenvalue weighted by molar-refractivity contribution is -0.00588. The van der Waals surface area contributed by atoms with Gasteiger partial charge in [0.1, 0.15) is 0 Å². The summed E-state index contributed by atoms with van der Waals surface area (Å²) < 4.78 is 1.70. The minimum atomic E-state index is -0.483. The van der Waals surface area contributed by atoms with E-state index in [-0.39, 0.29) is 18.0 Å². The van der Waals surface area contributed by atoms with Crippen LogP contribution in [0.3, 0.4) is 0 Å². The molecule has 1 aromatic heterocycles. The van der Waals surface area contributed by atoms with E-state index in [4.69, 9.17) is 0 Å². The van der Waals surface area contributed by atoms with E-state index in [9.17, 15) is 9.90 Å².